The molecule has 27 heavy (non-hydrogen) atoms. The molecule has 2 aromatic carbocycles. The SMILES string of the molecule is CC(C)CC1NC(=O)N(CN(C)C(c2ccccc2)c2ccccc2)C1=O. The molecule has 3 amide bonds. The van der Waals surface area contributed by atoms with Crippen molar-refractivity contribution in [3.05, 3.63) is 71.8 Å². The molecule has 0 bridgehead atoms. The zero-order valence-electron chi connectivity index (χ0n) is 16.1. The fourth-order valence-electron chi connectivity index (χ4n) is 3.62. The van der Waals surface area contributed by atoms with Crippen LogP contribution in [-0.4, -0.2) is 41.5 Å². The summed E-state index contributed by atoms with van der Waals surface area (Å²) in [6, 6.07) is 19.5. The second-order valence-electron chi connectivity index (χ2n) is 7.52. The number of nitrogens with one attached hydrogen (secondary N) is 1. The van der Waals surface area contributed by atoms with Crippen molar-refractivity contribution >= 4 is 11.9 Å². The van der Waals surface area contributed by atoms with Gasteiger partial charge >= 0.3 is 6.03 Å². The number of amides is 3. The number of carbonyl (C=O) groups is 2. The fraction of sp³-hybridized carbons (Fsp3) is 0.364. The molecule has 1 heterocycles. The van der Waals surface area contributed by atoms with E-state index in [-0.39, 0.29) is 24.6 Å². The van der Waals surface area contributed by atoms with E-state index in [4.69, 9.17) is 0 Å². The maximum absolute atomic E-state index is 12.7. The smallest absolute Gasteiger partial charge is 0.325 e. The quantitative estimate of drug-likeness (QED) is 0.762. The lowest BCUT2D eigenvalue weighted by Crippen LogP contribution is -2.42. The first kappa shape index (κ1) is 19.1. The highest BCUT2D eigenvalue weighted by Gasteiger charge is 2.39. The third-order valence-electron chi connectivity index (χ3n) is 4.85. The van der Waals surface area contributed by atoms with E-state index >= 15 is 0 Å². The van der Waals surface area contributed by atoms with Gasteiger partial charge in [0.05, 0.1) is 12.7 Å². The first-order chi connectivity index (χ1) is 13.0. The Balaban J connectivity index is 1.82. The van der Waals surface area contributed by atoms with Crippen LogP contribution in [0.25, 0.3) is 0 Å². The minimum Gasteiger partial charge on any atom is -0.326 e. The summed E-state index contributed by atoms with van der Waals surface area (Å²) in [5.74, 6) is 0.207. The molecule has 5 heteroatoms. The molecule has 2 aromatic rings. The van der Waals surface area contributed by atoms with Crippen molar-refractivity contribution in [3.8, 4) is 0 Å². The van der Waals surface area contributed by atoms with Crippen molar-refractivity contribution in [2.45, 2.75) is 32.4 Å². The third kappa shape index (κ3) is 4.37. The summed E-state index contributed by atoms with van der Waals surface area (Å²) in [6.45, 7) is 4.35. The van der Waals surface area contributed by atoms with E-state index in [0.29, 0.717) is 12.3 Å². The number of imide groups is 1. The Kier molecular flexibility index (Phi) is 5.91. The fourth-order valence-corrected chi connectivity index (χ4v) is 3.62. The van der Waals surface area contributed by atoms with E-state index < -0.39 is 6.04 Å². The van der Waals surface area contributed by atoms with Gasteiger partial charge in [-0.25, -0.2) is 9.69 Å². The lowest BCUT2D eigenvalue weighted by Gasteiger charge is -2.31. The number of rotatable bonds is 7. The van der Waals surface area contributed by atoms with Gasteiger partial charge in [0, 0.05) is 0 Å². The van der Waals surface area contributed by atoms with Crippen LogP contribution in [0.4, 0.5) is 4.79 Å². The molecule has 3 rings (SSSR count). The molecule has 0 radical (unpaired) electrons. The number of nitrogens with zero attached hydrogens (tertiary/aromatic N) is 2. The number of hydrogen-bond acceptors (Lipinski definition) is 3. The topological polar surface area (TPSA) is 52.7 Å². The Morgan fingerprint density at radius 1 is 0.963 bits per heavy atom. The van der Waals surface area contributed by atoms with Gasteiger partial charge in [-0.15, -0.1) is 0 Å². The van der Waals surface area contributed by atoms with Gasteiger partial charge in [0.15, 0.2) is 0 Å². The van der Waals surface area contributed by atoms with Gasteiger partial charge in [-0.1, -0.05) is 74.5 Å². The van der Waals surface area contributed by atoms with Gasteiger partial charge in [0.2, 0.25) is 0 Å². The van der Waals surface area contributed by atoms with Crippen molar-refractivity contribution < 1.29 is 9.59 Å². The monoisotopic (exact) mass is 365 g/mol. The van der Waals surface area contributed by atoms with Gasteiger partial charge in [-0.3, -0.25) is 9.69 Å². The number of carbonyl (C=O) groups excluding carboxylic acids is 2. The van der Waals surface area contributed by atoms with Crippen LogP contribution in [0.3, 0.4) is 0 Å². The first-order valence-corrected chi connectivity index (χ1v) is 9.39. The van der Waals surface area contributed by atoms with Crippen LogP contribution in [0.2, 0.25) is 0 Å². The maximum Gasteiger partial charge on any atom is 0.325 e. The summed E-state index contributed by atoms with van der Waals surface area (Å²) in [6.07, 6.45) is 0.658. The normalized spacial score (nSPS) is 17.3. The molecule has 1 saturated heterocycles. The van der Waals surface area contributed by atoms with Gasteiger partial charge in [-0.2, -0.15) is 0 Å². The molecule has 142 valence electrons. The van der Waals surface area contributed by atoms with Crippen LogP contribution in [0.5, 0.6) is 0 Å². The number of urea groups is 1. The predicted molar refractivity (Wildman–Crippen MR) is 106 cm³/mol. The lowest BCUT2D eigenvalue weighted by atomic mass is 9.98. The standard InChI is InChI=1S/C22H27N3O2/c1-16(2)14-19-21(26)25(22(27)23-19)15-24(3)20(17-10-6-4-7-11-17)18-12-8-5-9-13-18/h4-13,16,19-20H,14-15H2,1-3H3,(H,23,27). The van der Waals surface area contributed by atoms with Crippen LogP contribution >= 0.6 is 0 Å². The molecule has 0 aliphatic carbocycles. The van der Waals surface area contributed by atoms with Gasteiger partial charge in [-0.05, 0) is 30.5 Å². The molecule has 1 aliphatic rings. The van der Waals surface area contributed by atoms with E-state index in [0.717, 1.165) is 11.1 Å². The highest BCUT2D eigenvalue weighted by molar-refractivity contribution is 6.04. The molecule has 1 N–H and O–H groups in total. The van der Waals surface area contributed by atoms with Crippen molar-refractivity contribution in [1.82, 2.24) is 15.1 Å². The minimum absolute atomic E-state index is 0.0443. The Bertz CT molecular complexity index is 737. The molecule has 0 aromatic heterocycles. The number of benzene rings is 2. The Labute approximate surface area is 161 Å². The third-order valence-corrected chi connectivity index (χ3v) is 4.85. The van der Waals surface area contributed by atoms with Gasteiger partial charge in [0.25, 0.3) is 5.91 Å². The van der Waals surface area contributed by atoms with E-state index in [1.54, 1.807) is 0 Å². The molecule has 1 fully saturated rings. The molecule has 1 atom stereocenters. The molecule has 0 spiro atoms. The van der Waals surface area contributed by atoms with E-state index in [1.165, 1.54) is 4.90 Å². The average Bonchev–Trinajstić information content (AvgIpc) is 2.90. The van der Waals surface area contributed by atoms with Crippen LogP contribution in [-0.2, 0) is 4.79 Å². The summed E-state index contributed by atoms with van der Waals surface area (Å²) >= 11 is 0. The molecule has 5 nitrogen and oxygen atoms in total. The predicted octanol–water partition coefficient (Wildman–Crippen LogP) is 3.63. The summed E-state index contributed by atoms with van der Waals surface area (Å²) < 4.78 is 0. The Hall–Kier alpha value is -2.66. The zero-order valence-corrected chi connectivity index (χ0v) is 16.1. The Morgan fingerprint density at radius 3 is 1.96 bits per heavy atom. The van der Waals surface area contributed by atoms with Crippen molar-refractivity contribution in [3.63, 3.8) is 0 Å². The summed E-state index contributed by atoms with van der Waals surface area (Å²) in [5.41, 5.74) is 2.24. The molecular weight excluding hydrogens is 338 g/mol. The van der Waals surface area contributed by atoms with E-state index in [1.807, 2.05) is 48.3 Å². The molecule has 1 unspecified atom stereocenters. The highest BCUT2D eigenvalue weighted by Crippen LogP contribution is 2.28. The summed E-state index contributed by atoms with van der Waals surface area (Å²) in [4.78, 5) is 28.4. The number of hydrogen-bond donors (Lipinski definition) is 1. The van der Waals surface area contributed by atoms with Gasteiger partial charge in [0.1, 0.15) is 6.04 Å². The lowest BCUT2D eigenvalue weighted by molar-refractivity contribution is -0.129. The van der Waals surface area contributed by atoms with Crippen molar-refractivity contribution in [2.75, 3.05) is 13.7 Å². The highest BCUT2D eigenvalue weighted by atomic mass is 16.2. The second-order valence-corrected chi connectivity index (χ2v) is 7.52. The van der Waals surface area contributed by atoms with Gasteiger partial charge < -0.3 is 5.32 Å². The first-order valence-electron chi connectivity index (χ1n) is 9.39. The minimum atomic E-state index is -0.419. The van der Waals surface area contributed by atoms with E-state index in [9.17, 15) is 9.59 Å². The van der Waals surface area contributed by atoms with Crippen LogP contribution in [0.15, 0.2) is 60.7 Å². The second kappa shape index (κ2) is 8.35. The van der Waals surface area contributed by atoms with E-state index in [2.05, 4.69) is 43.4 Å². The van der Waals surface area contributed by atoms with Crippen LogP contribution in [0.1, 0.15) is 37.4 Å². The van der Waals surface area contributed by atoms with Crippen LogP contribution in [0, 0.1) is 5.92 Å². The van der Waals surface area contributed by atoms with Crippen molar-refractivity contribution in [2.24, 2.45) is 5.92 Å². The average molecular weight is 365 g/mol. The maximum atomic E-state index is 12.7. The van der Waals surface area contributed by atoms with Crippen molar-refractivity contribution in [1.29, 1.82) is 0 Å². The summed E-state index contributed by atoms with van der Waals surface area (Å²) in [7, 11) is 1.95. The Morgan fingerprint density at radius 2 is 1.48 bits per heavy atom. The molecule has 1 aliphatic heterocycles. The molecule has 0 saturated carbocycles. The zero-order chi connectivity index (χ0) is 19.4. The molecular formula is C22H27N3O2. The largest absolute Gasteiger partial charge is 0.326 e. The van der Waals surface area contributed by atoms with Crippen LogP contribution < -0.4 is 5.32 Å². The summed E-state index contributed by atoms with van der Waals surface area (Å²) in [5, 5.41) is 2.82.